The van der Waals surface area contributed by atoms with Gasteiger partial charge in [-0.3, -0.25) is 10.1 Å². The van der Waals surface area contributed by atoms with Gasteiger partial charge in [-0.15, -0.1) is 0 Å². The van der Waals surface area contributed by atoms with Crippen LogP contribution < -0.4 is 0 Å². The van der Waals surface area contributed by atoms with E-state index in [1.165, 1.54) is 0 Å². The van der Waals surface area contributed by atoms with Crippen LogP contribution in [-0.4, -0.2) is 4.92 Å². The van der Waals surface area contributed by atoms with Gasteiger partial charge in [-0.1, -0.05) is 24.3 Å². The number of non-ortho nitro benzene ring substituents is 1. The van der Waals surface area contributed by atoms with Crippen LogP contribution >= 0.6 is 0 Å². The molecule has 1 aromatic rings. The lowest BCUT2D eigenvalue weighted by atomic mass is 9.88. The molecule has 1 atom stereocenters. The Morgan fingerprint density at radius 3 is 2.87 bits per heavy atom. The zero-order chi connectivity index (χ0) is 10.7. The highest BCUT2D eigenvalue weighted by molar-refractivity contribution is 5.36. The molecule has 78 valence electrons. The maximum absolute atomic E-state index is 10.6. The first kappa shape index (κ1) is 9.90. The van der Waals surface area contributed by atoms with E-state index in [9.17, 15) is 10.1 Å². The van der Waals surface area contributed by atoms with Crippen LogP contribution in [0.1, 0.15) is 30.7 Å². The Hall–Kier alpha value is -1.64. The Kier molecular flexibility index (Phi) is 2.81. The fourth-order valence-electron chi connectivity index (χ4n) is 1.99. The quantitative estimate of drug-likeness (QED) is 0.420. The SMILES string of the molecule is O=[N+]([O-])c1cccc(C2CC=CCC2)c1. The van der Waals surface area contributed by atoms with Gasteiger partial charge in [-0.25, -0.2) is 0 Å². The van der Waals surface area contributed by atoms with Gasteiger partial charge in [-0.05, 0) is 30.7 Å². The molecule has 0 aromatic heterocycles. The van der Waals surface area contributed by atoms with Crippen LogP contribution in [0.2, 0.25) is 0 Å². The van der Waals surface area contributed by atoms with E-state index in [1.54, 1.807) is 18.2 Å². The predicted octanol–water partition coefficient (Wildman–Crippen LogP) is 3.42. The van der Waals surface area contributed by atoms with Crippen molar-refractivity contribution in [1.82, 2.24) is 0 Å². The number of benzene rings is 1. The molecule has 0 saturated carbocycles. The number of nitro groups is 1. The predicted molar refractivity (Wildman–Crippen MR) is 58.8 cm³/mol. The summed E-state index contributed by atoms with van der Waals surface area (Å²) in [7, 11) is 0. The lowest BCUT2D eigenvalue weighted by Crippen LogP contribution is -2.01. The van der Waals surface area contributed by atoms with Crippen molar-refractivity contribution in [2.24, 2.45) is 0 Å². The summed E-state index contributed by atoms with van der Waals surface area (Å²) in [5.74, 6) is 0.454. The third-order valence-corrected chi connectivity index (χ3v) is 2.82. The number of hydrogen-bond acceptors (Lipinski definition) is 2. The van der Waals surface area contributed by atoms with Crippen LogP contribution in [0.4, 0.5) is 5.69 Å². The molecular weight excluding hydrogens is 190 g/mol. The monoisotopic (exact) mass is 203 g/mol. The standard InChI is InChI=1S/C12H13NO2/c14-13(15)12-8-4-7-11(9-12)10-5-2-1-3-6-10/h1-2,4,7-10H,3,5-6H2. The van der Waals surface area contributed by atoms with Crippen LogP contribution in [0.5, 0.6) is 0 Å². The van der Waals surface area contributed by atoms with Crippen LogP contribution in [0.15, 0.2) is 36.4 Å². The Morgan fingerprint density at radius 2 is 2.20 bits per heavy atom. The molecule has 0 fully saturated rings. The van der Waals surface area contributed by atoms with Gasteiger partial charge in [0.1, 0.15) is 0 Å². The Bertz CT molecular complexity index is 398. The van der Waals surface area contributed by atoms with E-state index in [0.29, 0.717) is 5.92 Å². The zero-order valence-electron chi connectivity index (χ0n) is 8.43. The van der Waals surface area contributed by atoms with Crippen molar-refractivity contribution in [1.29, 1.82) is 0 Å². The van der Waals surface area contributed by atoms with Gasteiger partial charge in [0.15, 0.2) is 0 Å². The third kappa shape index (κ3) is 2.24. The van der Waals surface area contributed by atoms with Crippen LogP contribution in [0.25, 0.3) is 0 Å². The van der Waals surface area contributed by atoms with Crippen molar-refractivity contribution in [3.05, 3.63) is 52.1 Å². The molecule has 3 nitrogen and oxygen atoms in total. The Labute approximate surface area is 88.6 Å². The second-order valence-electron chi connectivity index (χ2n) is 3.83. The average molecular weight is 203 g/mol. The van der Waals surface area contributed by atoms with E-state index < -0.39 is 0 Å². The van der Waals surface area contributed by atoms with Crippen LogP contribution in [0, 0.1) is 10.1 Å². The van der Waals surface area contributed by atoms with Gasteiger partial charge in [0, 0.05) is 12.1 Å². The largest absolute Gasteiger partial charge is 0.269 e. The first-order valence-electron chi connectivity index (χ1n) is 5.17. The first-order chi connectivity index (χ1) is 7.27. The molecular formula is C12H13NO2. The van der Waals surface area contributed by atoms with E-state index >= 15 is 0 Å². The van der Waals surface area contributed by atoms with Gasteiger partial charge >= 0.3 is 0 Å². The molecule has 3 heteroatoms. The minimum absolute atomic E-state index is 0.196. The molecule has 15 heavy (non-hydrogen) atoms. The summed E-state index contributed by atoms with van der Waals surface area (Å²) < 4.78 is 0. The van der Waals surface area contributed by atoms with Gasteiger partial charge in [0.05, 0.1) is 4.92 Å². The minimum atomic E-state index is -0.331. The second kappa shape index (κ2) is 4.26. The van der Waals surface area contributed by atoms with Crippen LogP contribution in [-0.2, 0) is 0 Å². The molecule has 0 heterocycles. The summed E-state index contributed by atoms with van der Waals surface area (Å²) in [5.41, 5.74) is 1.29. The van der Waals surface area contributed by atoms with Crippen molar-refractivity contribution in [2.45, 2.75) is 25.2 Å². The Morgan fingerprint density at radius 1 is 1.33 bits per heavy atom. The molecule has 1 unspecified atom stereocenters. The van der Waals surface area contributed by atoms with Crippen molar-refractivity contribution >= 4 is 5.69 Å². The van der Waals surface area contributed by atoms with Gasteiger partial charge in [0.2, 0.25) is 0 Å². The third-order valence-electron chi connectivity index (χ3n) is 2.82. The van der Waals surface area contributed by atoms with E-state index in [4.69, 9.17) is 0 Å². The molecule has 0 saturated heterocycles. The fraction of sp³-hybridized carbons (Fsp3) is 0.333. The molecule has 1 aromatic carbocycles. The van der Waals surface area contributed by atoms with Crippen molar-refractivity contribution < 1.29 is 4.92 Å². The zero-order valence-corrected chi connectivity index (χ0v) is 8.43. The van der Waals surface area contributed by atoms with Crippen molar-refractivity contribution in [2.75, 3.05) is 0 Å². The molecule has 0 aliphatic heterocycles. The van der Waals surface area contributed by atoms with E-state index in [0.717, 1.165) is 24.8 Å². The molecule has 1 aliphatic rings. The number of allylic oxidation sites excluding steroid dienone is 2. The number of nitrogens with zero attached hydrogens (tertiary/aromatic N) is 1. The summed E-state index contributed by atoms with van der Waals surface area (Å²) in [5, 5.41) is 10.6. The number of nitro benzene ring substituents is 1. The number of hydrogen-bond donors (Lipinski definition) is 0. The summed E-state index contributed by atoms with van der Waals surface area (Å²) in [6.07, 6.45) is 7.51. The molecule has 0 radical (unpaired) electrons. The molecule has 0 amide bonds. The fourth-order valence-corrected chi connectivity index (χ4v) is 1.99. The molecule has 0 spiro atoms. The van der Waals surface area contributed by atoms with Gasteiger partial charge in [-0.2, -0.15) is 0 Å². The molecule has 0 N–H and O–H groups in total. The average Bonchev–Trinajstić information content (AvgIpc) is 2.30. The maximum Gasteiger partial charge on any atom is 0.269 e. The van der Waals surface area contributed by atoms with Gasteiger partial charge in [0.25, 0.3) is 5.69 Å². The summed E-state index contributed by atoms with van der Waals surface area (Å²) in [6, 6.07) is 6.99. The highest BCUT2D eigenvalue weighted by atomic mass is 16.6. The Balaban J connectivity index is 2.24. The van der Waals surface area contributed by atoms with Crippen molar-refractivity contribution in [3.8, 4) is 0 Å². The lowest BCUT2D eigenvalue weighted by molar-refractivity contribution is -0.384. The summed E-state index contributed by atoms with van der Waals surface area (Å²) >= 11 is 0. The second-order valence-corrected chi connectivity index (χ2v) is 3.83. The summed E-state index contributed by atoms with van der Waals surface area (Å²) in [4.78, 5) is 10.3. The minimum Gasteiger partial charge on any atom is -0.258 e. The van der Waals surface area contributed by atoms with E-state index in [1.807, 2.05) is 6.07 Å². The van der Waals surface area contributed by atoms with Gasteiger partial charge < -0.3 is 0 Å². The first-order valence-corrected chi connectivity index (χ1v) is 5.17. The topological polar surface area (TPSA) is 43.1 Å². The highest BCUT2D eigenvalue weighted by Crippen LogP contribution is 2.30. The number of rotatable bonds is 2. The molecule has 0 bridgehead atoms. The lowest BCUT2D eigenvalue weighted by Gasteiger charge is -2.17. The van der Waals surface area contributed by atoms with Crippen LogP contribution in [0.3, 0.4) is 0 Å². The highest BCUT2D eigenvalue weighted by Gasteiger charge is 2.14. The summed E-state index contributed by atoms with van der Waals surface area (Å²) in [6.45, 7) is 0. The maximum atomic E-state index is 10.6. The normalized spacial score (nSPS) is 20.1. The van der Waals surface area contributed by atoms with Crippen molar-refractivity contribution in [3.63, 3.8) is 0 Å². The molecule has 2 rings (SSSR count). The molecule has 1 aliphatic carbocycles. The van der Waals surface area contributed by atoms with E-state index in [2.05, 4.69) is 12.2 Å². The van der Waals surface area contributed by atoms with E-state index in [-0.39, 0.29) is 10.6 Å². The smallest absolute Gasteiger partial charge is 0.258 e.